The monoisotopic (exact) mass is 368 g/mol. The van der Waals surface area contributed by atoms with Crippen LogP contribution in [0.15, 0.2) is 52.6 Å². The number of hydrogen-bond donors (Lipinski definition) is 5. The first-order valence-electron chi connectivity index (χ1n) is 6.47. The van der Waals surface area contributed by atoms with E-state index in [0.29, 0.717) is 0 Å². The van der Waals surface area contributed by atoms with Crippen LogP contribution in [0.4, 0.5) is 0 Å². The fourth-order valence-electron chi connectivity index (χ4n) is 0. The molecule has 8 nitrogen and oxygen atoms in total. The summed E-state index contributed by atoms with van der Waals surface area (Å²) in [5.74, 6) is -2.24. The second-order valence-corrected chi connectivity index (χ2v) is 2.24. The topological polar surface area (TPSA) is 182 Å². The molecule has 0 amide bonds. The Hall–Kier alpha value is -2.71. The second-order valence-electron chi connectivity index (χ2n) is 2.24. The van der Waals surface area contributed by atoms with Gasteiger partial charge in [0.2, 0.25) is 0 Å². The molecule has 9 N–H and O–H groups in total. The van der Waals surface area contributed by atoms with E-state index in [2.05, 4.69) is 52.6 Å². The first kappa shape index (κ1) is 57.2. The molecule has 0 saturated heterocycles. The van der Waals surface area contributed by atoms with Crippen molar-refractivity contribution in [2.75, 3.05) is 0 Å². The van der Waals surface area contributed by atoms with Gasteiger partial charge >= 0.3 is 17.9 Å². The molecule has 0 saturated carbocycles. The van der Waals surface area contributed by atoms with Crippen molar-refractivity contribution in [3.63, 3.8) is 0 Å². The Labute approximate surface area is 153 Å². The van der Waals surface area contributed by atoms with Gasteiger partial charge in [0, 0.05) is 19.3 Å². The third-order valence-corrected chi connectivity index (χ3v) is 0.907. The Balaban J connectivity index is -0.0000000177. The van der Waals surface area contributed by atoms with Gasteiger partial charge in [-0.1, -0.05) is 20.8 Å². The molecule has 0 aromatic carbocycles. The number of carbonyl (C=O) groups is 3. The highest BCUT2D eigenvalue weighted by molar-refractivity contribution is 5.66. The van der Waals surface area contributed by atoms with Crippen molar-refractivity contribution in [2.24, 2.45) is 0 Å². The van der Waals surface area contributed by atoms with Gasteiger partial charge in [-0.3, -0.25) is 14.4 Å². The molecule has 0 bridgehead atoms. The zero-order chi connectivity index (χ0) is 20.9. The molecule has 8 heteroatoms. The van der Waals surface area contributed by atoms with Crippen LogP contribution in [0.1, 0.15) is 40.0 Å². The largest absolute Gasteiger partial charge is 0.481 e. The van der Waals surface area contributed by atoms with Crippen molar-refractivity contribution < 1.29 is 29.7 Å². The Morgan fingerprint density at radius 1 is 0.520 bits per heavy atom. The van der Waals surface area contributed by atoms with Crippen LogP contribution in [-0.4, -0.2) is 33.2 Å². The SMILES string of the molecule is C=C.C=C.C=C.C=C.CCC(=O)O.CCC(=O)O.CCC(=O)O.N.N. The van der Waals surface area contributed by atoms with E-state index >= 15 is 0 Å². The van der Waals surface area contributed by atoms with Crippen LogP contribution in [-0.2, 0) is 14.4 Å². The molecule has 0 fully saturated rings. The van der Waals surface area contributed by atoms with Crippen LogP contribution in [0.25, 0.3) is 0 Å². The fraction of sp³-hybridized carbons (Fsp3) is 0.353. The van der Waals surface area contributed by atoms with Gasteiger partial charge < -0.3 is 27.6 Å². The average Bonchev–Trinajstić information content (AvgIpc) is 2.62. The number of aliphatic carboxylic acids is 3. The van der Waals surface area contributed by atoms with Gasteiger partial charge in [-0.2, -0.15) is 0 Å². The Morgan fingerprint density at radius 3 is 0.560 bits per heavy atom. The molecule has 154 valence electrons. The summed E-state index contributed by atoms with van der Waals surface area (Å²) < 4.78 is 0. The summed E-state index contributed by atoms with van der Waals surface area (Å²) >= 11 is 0. The summed E-state index contributed by atoms with van der Waals surface area (Å²) in [4.78, 5) is 28.1. The maximum atomic E-state index is 9.37. The van der Waals surface area contributed by atoms with Crippen molar-refractivity contribution in [3.8, 4) is 0 Å². The molecule has 0 aromatic heterocycles. The molecule has 0 heterocycles. The first-order chi connectivity index (χ1) is 10.8. The first-order valence-corrected chi connectivity index (χ1v) is 6.47. The second kappa shape index (κ2) is 102. The maximum absolute atomic E-state index is 9.37. The van der Waals surface area contributed by atoms with E-state index in [9.17, 15) is 14.4 Å². The van der Waals surface area contributed by atoms with Gasteiger partial charge in [0.05, 0.1) is 0 Å². The molecule has 0 aliphatic heterocycles. The van der Waals surface area contributed by atoms with Gasteiger partial charge in [0.15, 0.2) is 0 Å². The summed E-state index contributed by atoms with van der Waals surface area (Å²) in [5, 5.41) is 23.2. The van der Waals surface area contributed by atoms with Crippen molar-refractivity contribution in [1.29, 1.82) is 0 Å². The van der Waals surface area contributed by atoms with Crippen molar-refractivity contribution >= 4 is 17.9 Å². The van der Waals surface area contributed by atoms with E-state index in [1.165, 1.54) is 0 Å². The third kappa shape index (κ3) is 732. The van der Waals surface area contributed by atoms with Crippen molar-refractivity contribution in [2.45, 2.75) is 40.0 Å². The highest BCUT2D eigenvalue weighted by Crippen LogP contribution is 1.68. The van der Waals surface area contributed by atoms with Crippen LogP contribution in [0.5, 0.6) is 0 Å². The highest BCUT2D eigenvalue weighted by atomic mass is 16.4. The van der Waals surface area contributed by atoms with E-state index in [-0.39, 0.29) is 31.6 Å². The normalized spacial score (nSPS) is 5.08. The van der Waals surface area contributed by atoms with Crippen molar-refractivity contribution in [3.05, 3.63) is 52.6 Å². The molecular formula is C17H40N2O6. The minimum Gasteiger partial charge on any atom is -0.481 e. The average molecular weight is 369 g/mol. The zero-order valence-corrected chi connectivity index (χ0v) is 16.3. The van der Waals surface area contributed by atoms with E-state index in [1.54, 1.807) is 20.8 Å². The summed E-state index contributed by atoms with van der Waals surface area (Å²) in [5.41, 5.74) is 0. The van der Waals surface area contributed by atoms with E-state index < -0.39 is 17.9 Å². The lowest BCUT2D eigenvalue weighted by molar-refractivity contribution is -0.137. The Bertz CT molecular complexity index is 208. The minimum absolute atomic E-state index is 0. The molecule has 0 radical (unpaired) electrons. The molecule has 0 aliphatic rings. The van der Waals surface area contributed by atoms with Crippen LogP contribution in [0.2, 0.25) is 0 Å². The summed E-state index contributed by atoms with van der Waals surface area (Å²) in [6.07, 6.45) is 0.667. The summed E-state index contributed by atoms with van der Waals surface area (Å²) in [6.45, 7) is 28.8. The van der Waals surface area contributed by atoms with E-state index in [1.807, 2.05) is 0 Å². The summed E-state index contributed by atoms with van der Waals surface area (Å²) in [6, 6.07) is 0. The van der Waals surface area contributed by atoms with E-state index in [4.69, 9.17) is 15.3 Å². The number of rotatable bonds is 3. The van der Waals surface area contributed by atoms with E-state index in [0.717, 1.165) is 0 Å². The third-order valence-electron chi connectivity index (χ3n) is 0.907. The highest BCUT2D eigenvalue weighted by Gasteiger charge is 1.81. The lowest BCUT2D eigenvalue weighted by Gasteiger charge is -1.71. The van der Waals surface area contributed by atoms with Gasteiger partial charge in [-0.05, 0) is 0 Å². The molecule has 0 atom stereocenters. The van der Waals surface area contributed by atoms with Gasteiger partial charge in [0.1, 0.15) is 0 Å². The molecule has 0 unspecified atom stereocenters. The standard InChI is InChI=1S/3C3H6O2.4C2H4.2H3N/c3*1-2-3(4)5;4*1-2;;/h3*2H2,1H3,(H,4,5);4*1-2H2;2*1H3. The molecule has 0 aromatic rings. The molecule has 25 heavy (non-hydrogen) atoms. The molecule has 0 rings (SSSR count). The fourth-order valence-corrected chi connectivity index (χ4v) is 0. The number of carboxylic acid groups (broad SMARTS) is 3. The maximum Gasteiger partial charge on any atom is 0.303 e. The van der Waals surface area contributed by atoms with Gasteiger partial charge in [-0.25, -0.2) is 0 Å². The van der Waals surface area contributed by atoms with Crippen LogP contribution < -0.4 is 12.3 Å². The summed E-state index contributed by atoms with van der Waals surface area (Å²) in [7, 11) is 0. The number of hydrogen-bond acceptors (Lipinski definition) is 5. The lowest BCUT2D eigenvalue weighted by atomic mass is 10.5. The smallest absolute Gasteiger partial charge is 0.303 e. The van der Waals surface area contributed by atoms with Crippen molar-refractivity contribution in [1.82, 2.24) is 12.3 Å². The number of carboxylic acids is 3. The zero-order valence-electron chi connectivity index (χ0n) is 16.3. The van der Waals surface area contributed by atoms with Crippen LogP contribution in [0, 0.1) is 0 Å². The minimum atomic E-state index is -0.745. The molecule has 0 spiro atoms. The lowest BCUT2D eigenvalue weighted by Crippen LogP contribution is -1.86. The molecule has 0 aliphatic carbocycles. The predicted octanol–water partition coefficient (Wildman–Crippen LogP) is 4.98. The Kier molecular flexibility index (Phi) is 232. The van der Waals surface area contributed by atoms with Gasteiger partial charge in [-0.15, -0.1) is 52.6 Å². The van der Waals surface area contributed by atoms with Crippen LogP contribution in [0.3, 0.4) is 0 Å². The molecular weight excluding hydrogens is 328 g/mol. The quantitative estimate of drug-likeness (QED) is 0.432. The predicted molar refractivity (Wildman–Crippen MR) is 109 cm³/mol. The van der Waals surface area contributed by atoms with Gasteiger partial charge in [0.25, 0.3) is 0 Å². The van der Waals surface area contributed by atoms with Crippen LogP contribution >= 0.6 is 0 Å². The Morgan fingerprint density at radius 2 is 0.560 bits per heavy atom.